The molecule has 2 rings (SSSR count). The largest absolute Gasteiger partial charge is 0.573 e. The number of alkyl halides is 4. The van der Waals surface area contributed by atoms with Crippen molar-refractivity contribution in [3.8, 4) is 11.5 Å². The van der Waals surface area contributed by atoms with Gasteiger partial charge < -0.3 is 15.2 Å². The van der Waals surface area contributed by atoms with Crippen LogP contribution in [0.5, 0.6) is 11.5 Å². The second-order valence-corrected chi connectivity index (χ2v) is 4.72. The van der Waals surface area contributed by atoms with Gasteiger partial charge >= 0.3 is 6.36 Å². The Balaban J connectivity index is 0.00000242. The van der Waals surface area contributed by atoms with E-state index < -0.39 is 24.8 Å². The Morgan fingerprint density at radius 1 is 1.27 bits per heavy atom. The van der Waals surface area contributed by atoms with Crippen LogP contribution in [-0.4, -0.2) is 49.2 Å². The Morgan fingerprint density at radius 2 is 1.91 bits per heavy atom. The van der Waals surface area contributed by atoms with Crippen molar-refractivity contribution in [1.29, 1.82) is 0 Å². The topological polar surface area (TPSA) is 44.7 Å². The molecule has 1 heterocycles. The number of rotatable bonds is 4. The first-order chi connectivity index (χ1) is 9.90. The summed E-state index contributed by atoms with van der Waals surface area (Å²) in [5.41, 5.74) is 0.0983. The number of ether oxygens (including phenoxy) is 1. The lowest BCUT2D eigenvalue weighted by Gasteiger charge is -2.34. The molecule has 1 aliphatic heterocycles. The molecule has 0 amide bonds. The molecule has 9 heteroatoms. The van der Waals surface area contributed by atoms with Crippen LogP contribution in [0.15, 0.2) is 18.2 Å². The van der Waals surface area contributed by atoms with Gasteiger partial charge in [-0.15, -0.1) is 25.6 Å². The summed E-state index contributed by atoms with van der Waals surface area (Å²) in [4.78, 5) is 1.78. The zero-order valence-electron chi connectivity index (χ0n) is 11.6. The third-order valence-corrected chi connectivity index (χ3v) is 3.33. The number of phenols is 1. The van der Waals surface area contributed by atoms with Gasteiger partial charge in [0.1, 0.15) is 18.2 Å². The molecule has 1 aromatic carbocycles. The zero-order chi connectivity index (χ0) is 15.5. The van der Waals surface area contributed by atoms with Crippen LogP contribution in [-0.2, 0) is 0 Å². The summed E-state index contributed by atoms with van der Waals surface area (Å²) in [5, 5.41) is 12.9. The molecule has 4 nitrogen and oxygen atoms in total. The van der Waals surface area contributed by atoms with E-state index in [9.17, 15) is 22.7 Å². The van der Waals surface area contributed by atoms with Gasteiger partial charge in [-0.1, -0.05) is 0 Å². The normalized spacial score (nSPS) is 17.6. The predicted molar refractivity (Wildman–Crippen MR) is 75.2 cm³/mol. The first-order valence-electron chi connectivity index (χ1n) is 6.50. The summed E-state index contributed by atoms with van der Waals surface area (Å²) >= 11 is 0. The summed E-state index contributed by atoms with van der Waals surface area (Å²) in [5.74, 6) is -0.713. The third kappa shape index (κ3) is 4.89. The molecule has 2 N–H and O–H groups in total. The minimum atomic E-state index is -4.82. The fourth-order valence-electron chi connectivity index (χ4n) is 2.37. The Bertz CT molecular complexity index is 482. The van der Waals surface area contributed by atoms with Crippen molar-refractivity contribution in [3.05, 3.63) is 23.8 Å². The number of hydrogen-bond donors (Lipinski definition) is 2. The average molecular weight is 345 g/mol. The van der Waals surface area contributed by atoms with Crippen molar-refractivity contribution in [2.75, 3.05) is 32.9 Å². The highest BCUT2D eigenvalue weighted by Gasteiger charge is 2.32. The highest BCUT2D eigenvalue weighted by molar-refractivity contribution is 5.85. The van der Waals surface area contributed by atoms with E-state index in [0.717, 1.165) is 18.2 Å². The summed E-state index contributed by atoms with van der Waals surface area (Å²) in [6.45, 7) is 1.63. The molecule has 0 aromatic heterocycles. The van der Waals surface area contributed by atoms with Crippen molar-refractivity contribution in [2.45, 2.75) is 12.4 Å². The summed E-state index contributed by atoms with van der Waals surface area (Å²) in [6, 6.07) is 2.33. The molecular weight excluding hydrogens is 328 g/mol. The van der Waals surface area contributed by atoms with Crippen LogP contribution < -0.4 is 10.1 Å². The molecule has 126 valence electrons. The van der Waals surface area contributed by atoms with E-state index in [4.69, 9.17) is 0 Å². The standard InChI is InChI=1S/C13H16F4N2O2.ClH/c14-8-11(19-5-3-18-4-6-19)10-7-9(1-2-12(10)20)21-13(15,16)17;/h1-2,7,11,18,20H,3-6,8H2;1H/t11-;/m0./s1. The quantitative estimate of drug-likeness (QED) is 0.824. The van der Waals surface area contributed by atoms with E-state index >= 15 is 0 Å². The van der Waals surface area contributed by atoms with Crippen LogP contribution in [0.4, 0.5) is 17.6 Å². The molecule has 0 radical (unpaired) electrons. The fraction of sp³-hybridized carbons (Fsp3) is 0.538. The van der Waals surface area contributed by atoms with E-state index in [2.05, 4.69) is 10.1 Å². The monoisotopic (exact) mass is 344 g/mol. The zero-order valence-corrected chi connectivity index (χ0v) is 12.4. The maximum atomic E-state index is 13.3. The highest BCUT2D eigenvalue weighted by atomic mass is 35.5. The number of aromatic hydroxyl groups is 1. The summed E-state index contributed by atoms with van der Waals surface area (Å²) in [6.07, 6.45) is -4.82. The molecule has 0 spiro atoms. The van der Waals surface area contributed by atoms with E-state index in [-0.39, 0.29) is 23.7 Å². The van der Waals surface area contributed by atoms with Crippen molar-refractivity contribution in [3.63, 3.8) is 0 Å². The Morgan fingerprint density at radius 3 is 2.45 bits per heavy atom. The van der Waals surface area contributed by atoms with Gasteiger partial charge in [-0.05, 0) is 18.2 Å². The smallest absolute Gasteiger partial charge is 0.508 e. The van der Waals surface area contributed by atoms with Gasteiger partial charge in [0.2, 0.25) is 0 Å². The second kappa shape index (κ2) is 7.85. The van der Waals surface area contributed by atoms with Crippen LogP contribution in [0.25, 0.3) is 0 Å². The number of hydrogen-bond acceptors (Lipinski definition) is 4. The predicted octanol–water partition coefficient (Wildman–Crippen LogP) is 2.63. The van der Waals surface area contributed by atoms with Gasteiger partial charge in [-0.25, -0.2) is 4.39 Å². The lowest BCUT2D eigenvalue weighted by molar-refractivity contribution is -0.274. The summed E-state index contributed by atoms with van der Waals surface area (Å²) < 4.78 is 53.9. The van der Waals surface area contributed by atoms with Crippen LogP contribution in [0, 0.1) is 0 Å². The lowest BCUT2D eigenvalue weighted by Crippen LogP contribution is -2.45. The molecule has 0 unspecified atom stereocenters. The Hall–Kier alpha value is -1.25. The van der Waals surface area contributed by atoms with Crippen molar-refractivity contribution in [2.24, 2.45) is 0 Å². The van der Waals surface area contributed by atoms with Gasteiger partial charge in [-0.3, -0.25) is 4.90 Å². The van der Waals surface area contributed by atoms with Gasteiger partial charge in [0, 0.05) is 31.7 Å². The van der Waals surface area contributed by atoms with Gasteiger partial charge in [-0.2, -0.15) is 0 Å². The first-order valence-corrected chi connectivity index (χ1v) is 6.50. The number of halogens is 5. The van der Waals surface area contributed by atoms with E-state index in [1.54, 1.807) is 4.90 Å². The molecule has 1 atom stereocenters. The third-order valence-electron chi connectivity index (χ3n) is 3.33. The fourth-order valence-corrected chi connectivity index (χ4v) is 2.37. The Labute approximate surface area is 131 Å². The molecule has 0 bridgehead atoms. The van der Waals surface area contributed by atoms with E-state index in [1.807, 2.05) is 0 Å². The lowest BCUT2D eigenvalue weighted by atomic mass is 10.0. The minimum Gasteiger partial charge on any atom is -0.508 e. The van der Waals surface area contributed by atoms with Gasteiger partial charge in [0.15, 0.2) is 0 Å². The molecule has 1 aliphatic rings. The number of piperazine rings is 1. The second-order valence-electron chi connectivity index (χ2n) is 4.72. The molecule has 1 saturated heterocycles. The summed E-state index contributed by atoms with van der Waals surface area (Å²) in [7, 11) is 0. The average Bonchev–Trinajstić information content (AvgIpc) is 2.43. The van der Waals surface area contributed by atoms with Crippen molar-refractivity contribution >= 4 is 12.4 Å². The number of nitrogens with one attached hydrogen (secondary N) is 1. The molecule has 1 aromatic rings. The first kappa shape index (κ1) is 18.8. The van der Waals surface area contributed by atoms with E-state index in [0.29, 0.717) is 26.2 Å². The number of nitrogens with zero attached hydrogens (tertiary/aromatic N) is 1. The highest BCUT2D eigenvalue weighted by Crippen LogP contribution is 2.34. The molecule has 1 fully saturated rings. The van der Waals surface area contributed by atoms with Gasteiger partial charge in [0.05, 0.1) is 6.04 Å². The van der Waals surface area contributed by atoms with E-state index in [1.165, 1.54) is 0 Å². The van der Waals surface area contributed by atoms with Crippen molar-refractivity contribution in [1.82, 2.24) is 10.2 Å². The Kier molecular flexibility index (Phi) is 6.70. The number of benzene rings is 1. The molecular formula is C13H17ClF4N2O2. The SMILES string of the molecule is Cl.Oc1ccc(OC(F)(F)F)cc1[C@H](CF)N1CCNCC1. The minimum absolute atomic E-state index is 0. The molecule has 0 aliphatic carbocycles. The van der Waals surface area contributed by atoms with Crippen molar-refractivity contribution < 1.29 is 27.4 Å². The number of phenolic OH excluding ortho intramolecular Hbond substituents is 1. The van der Waals surface area contributed by atoms with Crippen LogP contribution in [0.1, 0.15) is 11.6 Å². The molecule has 22 heavy (non-hydrogen) atoms. The maximum Gasteiger partial charge on any atom is 0.573 e. The van der Waals surface area contributed by atoms with Gasteiger partial charge in [0.25, 0.3) is 0 Å². The van der Waals surface area contributed by atoms with Crippen LogP contribution in [0.2, 0.25) is 0 Å². The molecule has 0 saturated carbocycles. The van der Waals surface area contributed by atoms with Crippen LogP contribution >= 0.6 is 12.4 Å². The van der Waals surface area contributed by atoms with Crippen LogP contribution in [0.3, 0.4) is 0 Å². The maximum absolute atomic E-state index is 13.3.